The SMILES string of the molecule is Cc1ccc(NCc2ccc(Br)cc2[N+](=O)[O-])c(C)c1. The van der Waals surface area contributed by atoms with Crippen LogP contribution in [-0.4, -0.2) is 4.92 Å². The molecule has 0 amide bonds. The van der Waals surface area contributed by atoms with Gasteiger partial charge < -0.3 is 5.32 Å². The quantitative estimate of drug-likeness (QED) is 0.657. The fourth-order valence-corrected chi connectivity index (χ4v) is 2.41. The second kappa shape index (κ2) is 6.05. The van der Waals surface area contributed by atoms with Gasteiger partial charge >= 0.3 is 0 Å². The van der Waals surface area contributed by atoms with Crippen molar-refractivity contribution in [3.8, 4) is 0 Å². The van der Waals surface area contributed by atoms with Crippen LogP contribution in [0.5, 0.6) is 0 Å². The summed E-state index contributed by atoms with van der Waals surface area (Å²) in [5.41, 5.74) is 4.11. The first-order chi connectivity index (χ1) is 9.47. The van der Waals surface area contributed by atoms with Crippen molar-refractivity contribution in [2.75, 3.05) is 5.32 Å². The summed E-state index contributed by atoms with van der Waals surface area (Å²) in [4.78, 5) is 10.7. The molecule has 4 nitrogen and oxygen atoms in total. The summed E-state index contributed by atoms with van der Waals surface area (Å²) in [6.07, 6.45) is 0. The molecule has 0 aromatic heterocycles. The molecule has 2 aromatic rings. The Morgan fingerprint density at radius 3 is 2.60 bits per heavy atom. The minimum absolute atomic E-state index is 0.122. The molecule has 0 saturated carbocycles. The molecule has 0 saturated heterocycles. The summed E-state index contributed by atoms with van der Waals surface area (Å²) in [6.45, 7) is 4.48. The van der Waals surface area contributed by atoms with Crippen molar-refractivity contribution < 1.29 is 4.92 Å². The lowest BCUT2D eigenvalue weighted by Gasteiger charge is -2.10. The molecule has 0 bridgehead atoms. The molecule has 0 aliphatic carbocycles. The van der Waals surface area contributed by atoms with Crippen LogP contribution in [0.2, 0.25) is 0 Å². The lowest BCUT2D eigenvalue weighted by atomic mass is 10.1. The normalized spacial score (nSPS) is 10.3. The molecule has 2 aromatic carbocycles. The van der Waals surface area contributed by atoms with Crippen molar-refractivity contribution in [2.24, 2.45) is 0 Å². The fraction of sp³-hybridized carbons (Fsp3) is 0.200. The average Bonchev–Trinajstić information content (AvgIpc) is 2.38. The molecule has 0 heterocycles. The molecular formula is C15H15BrN2O2. The van der Waals surface area contributed by atoms with E-state index >= 15 is 0 Å². The van der Waals surface area contributed by atoms with Crippen LogP contribution in [0.3, 0.4) is 0 Å². The zero-order valence-electron chi connectivity index (χ0n) is 11.3. The van der Waals surface area contributed by atoms with Gasteiger partial charge in [0.2, 0.25) is 0 Å². The Kier molecular flexibility index (Phi) is 4.39. The van der Waals surface area contributed by atoms with Crippen molar-refractivity contribution in [3.05, 3.63) is 67.7 Å². The summed E-state index contributed by atoms with van der Waals surface area (Å²) in [7, 11) is 0. The monoisotopic (exact) mass is 334 g/mol. The van der Waals surface area contributed by atoms with Gasteiger partial charge in [-0.3, -0.25) is 10.1 Å². The molecule has 2 rings (SSSR count). The lowest BCUT2D eigenvalue weighted by molar-refractivity contribution is -0.385. The zero-order chi connectivity index (χ0) is 14.7. The van der Waals surface area contributed by atoms with Crippen molar-refractivity contribution in [3.63, 3.8) is 0 Å². The van der Waals surface area contributed by atoms with Crippen LogP contribution in [0.15, 0.2) is 40.9 Å². The Bertz CT molecular complexity index is 656. The Morgan fingerprint density at radius 2 is 1.95 bits per heavy atom. The molecule has 0 radical (unpaired) electrons. The summed E-state index contributed by atoms with van der Waals surface area (Å²) in [5, 5.41) is 14.3. The number of benzene rings is 2. The van der Waals surface area contributed by atoms with E-state index in [0.717, 1.165) is 11.3 Å². The highest BCUT2D eigenvalue weighted by molar-refractivity contribution is 9.10. The number of halogens is 1. The smallest absolute Gasteiger partial charge is 0.275 e. The van der Waals surface area contributed by atoms with E-state index in [1.807, 2.05) is 32.0 Å². The van der Waals surface area contributed by atoms with Crippen molar-refractivity contribution >= 4 is 27.3 Å². The first kappa shape index (κ1) is 14.5. The van der Waals surface area contributed by atoms with Gasteiger partial charge in [0, 0.05) is 28.3 Å². The van der Waals surface area contributed by atoms with Crippen LogP contribution in [0, 0.1) is 24.0 Å². The fourth-order valence-electron chi connectivity index (χ4n) is 2.06. The first-order valence-electron chi connectivity index (χ1n) is 6.21. The summed E-state index contributed by atoms with van der Waals surface area (Å²) < 4.78 is 0.708. The van der Waals surface area contributed by atoms with Gasteiger partial charge in [-0.1, -0.05) is 33.6 Å². The zero-order valence-corrected chi connectivity index (χ0v) is 12.9. The Labute approximate surface area is 126 Å². The third-order valence-corrected chi connectivity index (χ3v) is 3.59. The van der Waals surface area contributed by atoms with Crippen LogP contribution in [0.4, 0.5) is 11.4 Å². The first-order valence-corrected chi connectivity index (χ1v) is 7.00. The molecule has 0 fully saturated rings. The molecule has 20 heavy (non-hydrogen) atoms. The highest BCUT2D eigenvalue weighted by Crippen LogP contribution is 2.25. The van der Waals surface area contributed by atoms with Gasteiger partial charge in [0.25, 0.3) is 5.69 Å². The molecule has 0 unspecified atom stereocenters. The van der Waals surface area contributed by atoms with E-state index in [9.17, 15) is 10.1 Å². The number of aryl methyl sites for hydroxylation is 2. The number of nitrogens with one attached hydrogen (secondary N) is 1. The predicted molar refractivity (Wildman–Crippen MR) is 84.0 cm³/mol. The Hall–Kier alpha value is -1.88. The van der Waals surface area contributed by atoms with Gasteiger partial charge in [-0.05, 0) is 37.6 Å². The van der Waals surface area contributed by atoms with Crippen molar-refractivity contribution in [1.29, 1.82) is 0 Å². The number of anilines is 1. The molecule has 0 atom stereocenters. The van der Waals surface area contributed by atoms with Crippen molar-refractivity contribution in [1.82, 2.24) is 0 Å². The van der Waals surface area contributed by atoms with Gasteiger partial charge in [0.05, 0.1) is 4.92 Å². The highest BCUT2D eigenvalue weighted by atomic mass is 79.9. The van der Waals surface area contributed by atoms with Crippen LogP contribution in [0.1, 0.15) is 16.7 Å². The van der Waals surface area contributed by atoms with Crippen molar-refractivity contribution in [2.45, 2.75) is 20.4 Å². The van der Waals surface area contributed by atoms with E-state index in [0.29, 0.717) is 16.6 Å². The second-order valence-corrected chi connectivity index (χ2v) is 5.62. The second-order valence-electron chi connectivity index (χ2n) is 4.70. The van der Waals surface area contributed by atoms with E-state index in [1.165, 1.54) is 11.6 Å². The molecule has 104 valence electrons. The predicted octanol–water partition coefficient (Wildman–Crippen LogP) is 4.59. The van der Waals surface area contributed by atoms with Gasteiger partial charge in [0.15, 0.2) is 0 Å². The number of nitro groups is 1. The third kappa shape index (κ3) is 3.36. The maximum atomic E-state index is 11.1. The average molecular weight is 335 g/mol. The highest BCUT2D eigenvalue weighted by Gasteiger charge is 2.13. The molecule has 5 heteroatoms. The van der Waals surface area contributed by atoms with Gasteiger partial charge in [-0.15, -0.1) is 0 Å². The van der Waals surface area contributed by atoms with Gasteiger partial charge in [0.1, 0.15) is 0 Å². The van der Waals surface area contributed by atoms with Crippen LogP contribution < -0.4 is 5.32 Å². The standard InChI is InChI=1S/C15H15BrN2O2/c1-10-3-6-14(11(2)7-10)17-9-12-4-5-13(16)8-15(12)18(19)20/h3-8,17H,9H2,1-2H3. The van der Waals surface area contributed by atoms with E-state index < -0.39 is 0 Å². The lowest BCUT2D eigenvalue weighted by Crippen LogP contribution is -2.04. The maximum absolute atomic E-state index is 11.1. The number of rotatable bonds is 4. The number of nitrogens with zero attached hydrogens (tertiary/aromatic N) is 1. The number of hydrogen-bond acceptors (Lipinski definition) is 3. The summed E-state index contributed by atoms with van der Waals surface area (Å²) >= 11 is 3.26. The molecule has 0 spiro atoms. The van der Waals surface area contributed by atoms with Crippen LogP contribution in [0.25, 0.3) is 0 Å². The minimum atomic E-state index is -0.357. The third-order valence-electron chi connectivity index (χ3n) is 3.10. The molecule has 1 N–H and O–H groups in total. The summed E-state index contributed by atoms with van der Waals surface area (Å²) in [5.74, 6) is 0. The maximum Gasteiger partial charge on any atom is 0.275 e. The molecule has 0 aliphatic rings. The van der Waals surface area contributed by atoms with Crippen LogP contribution in [-0.2, 0) is 6.54 Å². The minimum Gasteiger partial charge on any atom is -0.380 e. The van der Waals surface area contributed by atoms with E-state index in [4.69, 9.17) is 0 Å². The number of hydrogen-bond donors (Lipinski definition) is 1. The topological polar surface area (TPSA) is 55.2 Å². The number of nitro benzene ring substituents is 1. The largest absolute Gasteiger partial charge is 0.380 e. The molecular weight excluding hydrogens is 320 g/mol. The van der Waals surface area contributed by atoms with Gasteiger partial charge in [-0.25, -0.2) is 0 Å². The van der Waals surface area contributed by atoms with E-state index in [-0.39, 0.29) is 10.6 Å². The van der Waals surface area contributed by atoms with Crippen LogP contribution >= 0.6 is 15.9 Å². The van der Waals surface area contributed by atoms with Gasteiger partial charge in [-0.2, -0.15) is 0 Å². The Morgan fingerprint density at radius 1 is 1.20 bits per heavy atom. The van der Waals surface area contributed by atoms with E-state index in [2.05, 4.69) is 27.3 Å². The van der Waals surface area contributed by atoms with E-state index in [1.54, 1.807) is 6.07 Å². The molecule has 0 aliphatic heterocycles. The summed E-state index contributed by atoms with van der Waals surface area (Å²) in [6, 6.07) is 11.2. The Balaban J connectivity index is 2.20.